The first-order valence-electron chi connectivity index (χ1n) is 6.56. The second kappa shape index (κ2) is 6.74. The molecule has 0 bridgehead atoms. The highest BCUT2D eigenvalue weighted by molar-refractivity contribution is 9.10. The molecule has 1 aliphatic heterocycles. The number of rotatable bonds is 5. The van der Waals surface area contributed by atoms with Gasteiger partial charge >= 0.3 is 0 Å². The monoisotopic (exact) mass is 340 g/mol. The van der Waals surface area contributed by atoms with Gasteiger partial charge in [0.1, 0.15) is 18.4 Å². The molecule has 1 atom stereocenters. The van der Waals surface area contributed by atoms with Crippen LogP contribution in [0.15, 0.2) is 28.7 Å². The first-order valence-corrected chi connectivity index (χ1v) is 7.36. The number of halogens is 1. The SMILES string of the molecule is CCC1NC(=O)CN(CCOc2ccc(Br)cc2)C1=O. The highest BCUT2D eigenvalue weighted by Gasteiger charge is 2.30. The molecule has 0 spiro atoms. The molecule has 1 aromatic rings. The van der Waals surface area contributed by atoms with E-state index in [9.17, 15) is 9.59 Å². The van der Waals surface area contributed by atoms with E-state index in [2.05, 4.69) is 21.2 Å². The lowest BCUT2D eigenvalue weighted by molar-refractivity contribution is -0.144. The largest absolute Gasteiger partial charge is 0.492 e. The van der Waals surface area contributed by atoms with Crippen LogP contribution >= 0.6 is 15.9 Å². The Labute approximate surface area is 126 Å². The van der Waals surface area contributed by atoms with Gasteiger partial charge in [-0.3, -0.25) is 9.59 Å². The molecule has 0 saturated carbocycles. The zero-order valence-corrected chi connectivity index (χ0v) is 12.9. The van der Waals surface area contributed by atoms with Crippen molar-refractivity contribution in [2.75, 3.05) is 19.7 Å². The molecular weight excluding hydrogens is 324 g/mol. The average Bonchev–Trinajstić information content (AvgIpc) is 2.44. The van der Waals surface area contributed by atoms with Gasteiger partial charge in [0.2, 0.25) is 11.8 Å². The van der Waals surface area contributed by atoms with Crippen LogP contribution in [-0.4, -0.2) is 42.5 Å². The predicted molar refractivity (Wildman–Crippen MR) is 78.4 cm³/mol. The number of carbonyl (C=O) groups excluding carboxylic acids is 2. The maximum atomic E-state index is 12.0. The van der Waals surface area contributed by atoms with E-state index >= 15 is 0 Å². The molecule has 5 nitrogen and oxygen atoms in total. The van der Waals surface area contributed by atoms with Crippen LogP contribution in [0.25, 0.3) is 0 Å². The van der Waals surface area contributed by atoms with Crippen LogP contribution in [0.4, 0.5) is 0 Å². The Balaban J connectivity index is 1.85. The molecule has 2 amide bonds. The molecule has 1 fully saturated rings. The smallest absolute Gasteiger partial charge is 0.245 e. The minimum absolute atomic E-state index is 0.0356. The fraction of sp³-hybridized carbons (Fsp3) is 0.429. The Morgan fingerprint density at radius 2 is 2.05 bits per heavy atom. The summed E-state index contributed by atoms with van der Waals surface area (Å²) in [7, 11) is 0. The summed E-state index contributed by atoms with van der Waals surface area (Å²) in [6, 6.07) is 7.08. The van der Waals surface area contributed by atoms with Crippen molar-refractivity contribution in [1.82, 2.24) is 10.2 Å². The van der Waals surface area contributed by atoms with Gasteiger partial charge in [0.25, 0.3) is 0 Å². The molecule has 1 saturated heterocycles. The van der Waals surface area contributed by atoms with E-state index < -0.39 is 6.04 Å². The molecule has 1 aromatic carbocycles. The highest BCUT2D eigenvalue weighted by Crippen LogP contribution is 2.16. The van der Waals surface area contributed by atoms with Crippen molar-refractivity contribution in [2.45, 2.75) is 19.4 Å². The van der Waals surface area contributed by atoms with E-state index in [0.717, 1.165) is 10.2 Å². The zero-order valence-electron chi connectivity index (χ0n) is 11.3. The third-order valence-corrected chi connectivity index (χ3v) is 3.66. The van der Waals surface area contributed by atoms with E-state index in [4.69, 9.17) is 4.74 Å². The third-order valence-electron chi connectivity index (χ3n) is 3.13. The Morgan fingerprint density at radius 1 is 1.35 bits per heavy atom. The lowest BCUT2D eigenvalue weighted by Gasteiger charge is -2.31. The number of nitrogens with zero attached hydrogens (tertiary/aromatic N) is 1. The zero-order chi connectivity index (χ0) is 14.5. The standard InChI is InChI=1S/C14H17BrN2O3/c1-2-12-14(19)17(9-13(18)16-12)7-8-20-11-5-3-10(15)4-6-11/h3-6,12H,2,7-9H2,1H3,(H,16,18). The number of ether oxygens (including phenoxy) is 1. The minimum Gasteiger partial charge on any atom is -0.492 e. The van der Waals surface area contributed by atoms with Crippen molar-refractivity contribution >= 4 is 27.7 Å². The second-order valence-electron chi connectivity index (χ2n) is 4.59. The van der Waals surface area contributed by atoms with Crippen LogP contribution in [0.5, 0.6) is 5.75 Å². The van der Waals surface area contributed by atoms with Gasteiger partial charge in [-0.15, -0.1) is 0 Å². The van der Waals surface area contributed by atoms with E-state index in [1.165, 1.54) is 0 Å². The second-order valence-corrected chi connectivity index (χ2v) is 5.51. The van der Waals surface area contributed by atoms with Gasteiger partial charge in [-0.1, -0.05) is 22.9 Å². The van der Waals surface area contributed by atoms with Crippen LogP contribution in [0.3, 0.4) is 0 Å². The molecule has 20 heavy (non-hydrogen) atoms. The first-order chi connectivity index (χ1) is 9.60. The highest BCUT2D eigenvalue weighted by atomic mass is 79.9. The van der Waals surface area contributed by atoms with E-state index in [1.807, 2.05) is 31.2 Å². The number of hydrogen-bond acceptors (Lipinski definition) is 3. The summed E-state index contributed by atoms with van der Waals surface area (Å²) in [6.07, 6.45) is 0.606. The van der Waals surface area contributed by atoms with Crippen molar-refractivity contribution < 1.29 is 14.3 Å². The van der Waals surface area contributed by atoms with Crippen molar-refractivity contribution in [1.29, 1.82) is 0 Å². The number of carbonyl (C=O) groups is 2. The van der Waals surface area contributed by atoms with Crippen LogP contribution in [0, 0.1) is 0 Å². The Kier molecular flexibility index (Phi) is 5.00. The molecule has 108 valence electrons. The molecule has 6 heteroatoms. The summed E-state index contributed by atoms with van der Waals surface area (Å²) < 4.78 is 6.55. The summed E-state index contributed by atoms with van der Waals surface area (Å²) in [5.74, 6) is 0.598. The topological polar surface area (TPSA) is 58.6 Å². The Bertz CT molecular complexity index is 490. The summed E-state index contributed by atoms with van der Waals surface area (Å²) in [4.78, 5) is 25.1. The molecular formula is C14H17BrN2O3. The number of benzene rings is 1. The molecule has 2 rings (SSSR count). The van der Waals surface area contributed by atoms with E-state index in [-0.39, 0.29) is 18.4 Å². The fourth-order valence-corrected chi connectivity index (χ4v) is 2.31. The Morgan fingerprint density at radius 3 is 2.70 bits per heavy atom. The Hall–Kier alpha value is -1.56. The van der Waals surface area contributed by atoms with Gasteiger partial charge in [-0.05, 0) is 30.7 Å². The normalized spacial score (nSPS) is 18.9. The van der Waals surface area contributed by atoms with Crippen LogP contribution in [0.1, 0.15) is 13.3 Å². The van der Waals surface area contributed by atoms with E-state index in [1.54, 1.807) is 4.90 Å². The lowest BCUT2D eigenvalue weighted by atomic mass is 10.1. The molecule has 1 aliphatic rings. The molecule has 0 aliphatic carbocycles. The average molecular weight is 341 g/mol. The van der Waals surface area contributed by atoms with Crippen LogP contribution in [0.2, 0.25) is 0 Å². The number of amides is 2. The minimum atomic E-state index is -0.399. The third kappa shape index (κ3) is 3.72. The molecule has 1 unspecified atom stereocenters. The summed E-state index contributed by atoms with van der Waals surface area (Å²) in [6.45, 7) is 2.78. The number of hydrogen-bond donors (Lipinski definition) is 1. The van der Waals surface area contributed by atoms with Crippen molar-refractivity contribution in [2.24, 2.45) is 0 Å². The van der Waals surface area contributed by atoms with Gasteiger partial charge in [-0.25, -0.2) is 0 Å². The maximum Gasteiger partial charge on any atom is 0.245 e. The number of nitrogens with one attached hydrogen (secondary N) is 1. The summed E-state index contributed by atoms with van der Waals surface area (Å²) in [5, 5.41) is 2.68. The van der Waals surface area contributed by atoms with Gasteiger partial charge in [0, 0.05) is 4.47 Å². The van der Waals surface area contributed by atoms with Crippen LogP contribution in [-0.2, 0) is 9.59 Å². The fourth-order valence-electron chi connectivity index (χ4n) is 2.04. The summed E-state index contributed by atoms with van der Waals surface area (Å²) >= 11 is 3.35. The lowest BCUT2D eigenvalue weighted by Crippen LogP contribution is -2.58. The molecule has 1 N–H and O–H groups in total. The quantitative estimate of drug-likeness (QED) is 0.884. The maximum absolute atomic E-state index is 12.0. The molecule has 1 heterocycles. The van der Waals surface area contributed by atoms with Gasteiger partial charge in [-0.2, -0.15) is 0 Å². The summed E-state index contributed by atoms with van der Waals surface area (Å²) in [5.41, 5.74) is 0. The molecule has 0 aromatic heterocycles. The van der Waals surface area contributed by atoms with Gasteiger partial charge < -0.3 is 15.0 Å². The van der Waals surface area contributed by atoms with Crippen molar-refractivity contribution in [3.63, 3.8) is 0 Å². The van der Waals surface area contributed by atoms with Gasteiger partial charge in [0.05, 0.1) is 13.1 Å². The van der Waals surface area contributed by atoms with Crippen molar-refractivity contribution in [3.8, 4) is 5.75 Å². The molecule has 0 radical (unpaired) electrons. The van der Waals surface area contributed by atoms with E-state index in [0.29, 0.717) is 19.6 Å². The van der Waals surface area contributed by atoms with Crippen molar-refractivity contribution in [3.05, 3.63) is 28.7 Å². The predicted octanol–water partition coefficient (Wildman–Crippen LogP) is 1.56. The number of piperazine rings is 1. The van der Waals surface area contributed by atoms with Gasteiger partial charge in [0.15, 0.2) is 0 Å². The van der Waals surface area contributed by atoms with Crippen LogP contribution < -0.4 is 10.1 Å². The first kappa shape index (κ1) is 14.8.